The van der Waals surface area contributed by atoms with E-state index in [2.05, 4.69) is 17.4 Å². The molecule has 1 N–H and O–H groups in total. The van der Waals surface area contributed by atoms with Crippen molar-refractivity contribution >= 4 is 16.1 Å². The lowest BCUT2D eigenvalue weighted by molar-refractivity contribution is 0.196. The molecule has 0 saturated carbocycles. The zero-order valence-electron chi connectivity index (χ0n) is 14.0. The highest BCUT2D eigenvalue weighted by Gasteiger charge is 2.30. The number of carbonyl (C=O) groups is 1. The molecule has 132 valence electrons. The smallest absolute Gasteiger partial charge is 0.317 e. The average Bonchev–Trinajstić information content (AvgIpc) is 3.05. The van der Waals surface area contributed by atoms with Gasteiger partial charge in [-0.25, -0.2) is 17.5 Å². The summed E-state index contributed by atoms with van der Waals surface area (Å²) in [5.41, 5.74) is 1.29. The fourth-order valence-electron chi connectivity index (χ4n) is 3.54. The summed E-state index contributed by atoms with van der Waals surface area (Å²) in [6.45, 7) is 2.48. The van der Waals surface area contributed by atoms with Gasteiger partial charge in [-0.3, -0.25) is 0 Å². The van der Waals surface area contributed by atoms with Gasteiger partial charge in [0.25, 0.3) is 0 Å². The molecule has 7 heteroatoms. The molecule has 3 rings (SSSR count). The second-order valence-electron chi connectivity index (χ2n) is 6.73. The van der Waals surface area contributed by atoms with Gasteiger partial charge >= 0.3 is 6.03 Å². The van der Waals surface area contributed by atoms with Gasteiger partial charge in [0.15, 0.2) is 0 Å². The molecule has 2 aliphatic heterocycles. The number of carbonyl (C=O) groups excluding carboxylic acids is 1. The van der Waals surface area contributed by atoms with E-state index in [-0.39, 0.29) is 12.1 Å². The summed E-state index contributed by atoms with van der Waals surface area (Å²) in [5.74, 6) is 0.407. The van der Waals surface area contributed by atoms with E-state index in [1.54, 1.807) is 0 Å². The minimum atomic E-state index is -3.12. The number of benzene rings is 1. The van der Waals surface area contributed by atoms with Crippen LogP contribution in [0.5, 0.6) is 0 Å². The number of amides is 2. The molecule has 0 aromatic heterocycles. The molecule has 24 heavy (non-hydrogen) atoms. The Morgan fingerprint density at radius 2 is 1.75 bits per heavy atom. The van der Waals surface area contributed by atoms with Crippen molar-refractivity contribution in [3.05, 3.63) is 35.9 Å². The minimum Gasteiger partial charge on any atom is -0.335 e. The van der Waals surface area contributed by atoms with E-state index in [1.165, 1.54) is 16.1 Å². The van der Waals surface area contributed by atoms with Gasteiger partial charge in [0.2, 0.25) is 10.0 Å². The quantitative estimate of drug-likeness (QED) is 0.899. The highest BCUT2D eigenvalue weighted by atomic mass is 32.2. The lowest BCUT2D eigenvalue weighted by Gasteiger charge is -2.31. The number of rotatable bonds is 3. The summed E-state index contributed by atoms with van der Waals surface area (Å²) in [7, 11) is -3.12. The van der Waals surface area contributed by atoms with Gasteiger partial charge in [-0.2, -0.15) is 0 Å². The van der Waals surface area contributed by atoms with Gasteiger partial charge < -0.3 is 10.2 Å². The SMILES string of the molecule is CS(=O)(=O)N1CCC(NC(=O)N2CCC(c3ccccc3)C2)CC1. The van der Waals surface area contributed by atoms with E-state index in [9.17, 15) is 13.2 Å². The molecule has 2 heterocycles. The number of urea groups is 1. The van der Waals surface area contributed by atoms with Crippen molar-refractivity contribution in [2.45, 2.75) is 31.2 Å². The van der Waals surface area contributed by atoms with Crippen LogP contribution in [0.4, 0.5) is 4.79 Å². The van der Waals surface area contributed by atoms with E-state index >= 15 is 0 Å². The van der Waals surface area contributed by atoms with Gasteiger partial charge in [0, 0.05) is 38.1 Å². The number of hydrogen-bond acceptors (Lipinski definition) is 3. The van der Waals surface area contributed by atoms with Crippen LogP contribution in [0.3, 0.4) is 0 Å². The van der Waals surface area contributed by atoms with Crippen LogP contribution in [0.2, 0.25) is 0 Å². The lowest BCUT2D eigenvalue weighted by Crippen LogP contribution is -2.49. The standard InChI is InChI=1S/C17H25N3O3S/c1-24(22,23)20-11-8-16(9-12-20)18-17(21)19-10-7-15(13-19)14-5-3-2-4-6-14/h2-6,15-16H,7-13H2,1H3,(H,18,21). The first-order valence-corrected chi connectivity index (χ1v) is 10.3. The minimum absolute atomic E-state index is 0.0220. The van der Waals surface area contributed by atoms with Crippen molar-refractivity contribution in [2.24, 2.45) is 0 Å². The van der Waals surface area contributed by atoms with Crippen LogP contribution in [0.25, 0.3) is 0 Å². The fourth-order valence-corrected chi connectivity index (χ4v) is 4.41. The number of nitrogens with one attached hydrogen (secondary N) is 1. The van der Waals surface area contributed by atoms with Crippen molar-refractivity contribution in [3.63, 3.8) is 0 Å². The van der Waals surface area contributed by atoms with Crippen LogP contribution < -0.4 is 5.32 Å². The average molecular weight is 351 g/mol. The first kappa shape index (κ1) is 17.2. The third-order valence-electron chi connectivity index (χ3n) is 5.00. The van der Waals surface area contributed by atoms with Gasteiger partial charge in [0.05, 0.1) is 6.26 Å². The van der Waals surface area contributed by atoms with Crippen LogP contribution in [-0.2, 0) is 10.0 Å². The van der Waals surface area contributed by atoms with Crippen molar-refractivity contribution in [2.75, 3.05) is 32.4 Å². The Balaban J connectivity index is 1.48. The van der Waals surface area contributed by atoms with E-state index in [4.69, 9.17) is 0 Å². The number of sulfonamides is 1. The predicted octanol–water partition coefficient (Wildman–Crippen LogP) is 1.61. The molecule has 0 spiro atoms. The zero-order valence-corrected chi connectivity index (χ0v) is 14.8. The molecule has 0 bridgehead atoms. The maximum Gasteiger partial charge on any atom is 0.317 e. The maximum absolute atomic E-state index is 12.5. The van der Waals surface area contributed by atoms with Crippen LogP contribution in [0.15, 0.2) is 30.3 Å². The van der Waals surface area contributed by atoms with E-state index in [0.29, 0.717) is 31.8 Å². The highest BCUT2D eigenvalue weighted by Crippen LogP contribution is 2.27. The van der Waals surface area contributed by atoms with Crippen molar-refractivity contribution in [1.82, 2.24) is 14.5 Å². The van der Waals surface area contributed by atoms with Crippen molar-refractivity contribution in [1.29, 1.82) is 0 Å². The molecule has 2 saturated heterocycles. The maximum atomic E-state index is 12.5. The third kappa shape index (κ3) is 4.08. The first-order chi connectivity index (χ1) is 11.4. The van der Waals surface area contributed by atoms with Crippen LogP contribution in [-0.4, -0.2) is 62.1 Å². The molecule has 1 aromatic carbocycles. The fraction of sp³-hybridized carbons (Fsp3) is 0.588. The second-order valence-corrected chi connectivity index (χ2v) is 8.71. The summed E-state index contributed by atoms with van der Waals surface area (Å²) in [6.07, 6.45) is 3.58. The largest absolute Gasteiger partial charge is 0.335 e. The first-order valence-electron chi connectivity index (χ1n) is 8.49. The second kappa shape index (κ2) is 7.11. The molecule has 6 nitrogen and oxygen atoms in total. The normalized spacial score (nSPS) is 23.4. The Kier molecular flexibility index (Phi) is 5.10. The Morgan fingerprint density at radius 3 is 2.38 bits per heavy atom. The molecule has 1 aromatic rings. The lowest BCUT2D eigenvalue weighted by atomic mass is 9.99. The summed E-state index contributed by atoms with van der Waals surface area (Å²) in [5, 5.41) is 3.07. The molecule has 2 aliphatic rings. The van der Waals surface area contributed by atoms with Gasteiger partial charge in [-0.1, -0.05) is 30.3 Å². The molecule has 1 atom stereocenters. The number of piperidine rings is 1. The molecular weight excluding hydrogens is 326 g/mol. The van der Waals surface area contributed by atoms with E-state index in [0.717, 1.165) is 19.5 Å². The molecule has 1 unspecified atom stereocenters. The van der Waals surface area contributed by atoms with Gasteiger partial charge in [-0.15, -0.1) is 0 Å². The molecule has 2 fully saturated rings. The molecule has 0 aliphatic carbocycles. The Labute approximate surface area is 143 Å². The zero-order chi connectivity index (χ0) is 17.2. The van der Waals surface area contributed by atoms with Crippen LogP contribution in [0.1, 0.15) is 30.7 Å². The van der Waals surface area contributed by atoms with Crippen molar-refractivity contribution < 1.29 is 13.2 Å². The van der Waals surface area contributed by atoms with Gasteiger partial charge in [0.1, 0.15) is 0 Å². The van der Waals surface area contributed by atoms with Crippen LogP contribution >= 0.6 is 0 Å². The highest BCUT2D eigenvalue weighted by molar-refractivity contribution is 7.88. The number of nitrogens with zero attached hydrogens (tertiary/aromatic N) is 2. The van der Waals surface area contributed by atoms with Crippen molar-refractivity contribution in [3.8, 4) is 0 Å². The summed E-state index contributed by atoms with van der Waals surface area (Å²) < 4.78 is 24.5. The molecular formula is C17H25N3O3S. The Bertz CT molecular complexity index is 670. The number of likely N-dealkylation sites (tertiary alicyclic amines) is 1. The summed E-state index contributed by atoms with van der Waals surface area (Å²) in [4.78, 5) is 14.3. The van der Waals surface area contributed by atoms with Gasteiger partial charge in [-0.05, 0) is 24.8 Å². The van der Waals surface area contributed by atoms with E-state index < -0.39 is 10.0 Å². The molecule has 2 amide bonds. The third-order valence-corrected chi connectivity index (χ3v) is 6.30. The number of hydrogen-bond donors (Lipinski definition) is 1. The summed E-state index contributed by atoms with van der Waals surface area (Å²) in [6, 6.07) is 10.4. The summed E-state index contributed by atoms with van der Waals surface area (Å²) >= 11 is 0. The Morgan fingerprint density at radius 1 is 1.08 bits per heavy atom. The van der Waals surface area contributed by atoms with Crippen LogP contribution in [0, 0.1) is 0 Å². The Hall–Kier alpha value is -1.60. The monoisotopic (exact) mass is 351 g/mol. The predicted molar refractivity (Wildman–Crippen MR) is 93.3 cm³/mol. The van der Waals surface area contributed by atoms with E-state index in [1.807, 2.05) is 23.1 Å². The topological polar surface area (TPSA) is 69.7 Å². The molecule has 0 radical (unpaired) electrons.